The van der Waals surface area contributed by atoms with Crippen LogP contribution in [0.25, 0.3) is 11.0 Å². The third-order valence-electron chi connectivity index (χ3n) is 10.9. The van der Waals surface area contributed by atoms with Gasteiger partial charge in [0.25, 0.3) is 5.91 Å². The van der Waals surface area contributed by atoms with Gasteiger partial charge in [0.2, 0.25) is 11.8 Å². The van der Waals surface area contributed by atoms with E-state index in [1.165, 1.54) is 4.90 Å². The number of esters is 1. The van der Waals surface area contributed by atoms with E-state index in [9.17, 15) is 24.3 Å². The molecule has 0 bridgehead atoms. The van der Waals surface area contributed by atoms with Crippen molar-refractivity contribution >= 4 is 34.7 Å². The predicted molar refractivity (Wildman–Crippen MR) is 185 cm³/mol. The monoisotopic (exact) mass is 696 g/mol. The molecule has 0 aliphatic carbocycles. The second-order valence-electron chi connectivity index (χ2n) is 14.0. The molecular weight excluding hydrogens is 652 g/mol. The molecule has 7 rings (SSSR count). The zero-order valence-electron chi connectivity index (χ0n) is 29.0. The highest BCUT2D eigenvalue weighted by Crippen LogP contribution is 2.54. The quantitative estimate of drug-likeness (QED) is 0.280. The number of likely N-dealkylation sites (tertiary alicyclic amines) is 1. The molecule has 3 aromatic rings. The molecule has 268 valence electrons. The van der Waals surface area contributed by atoms with Crippen molar-refractivity contribution in [1.29, 1.82) is 0 Å². The van der Waals surface area contributed by atoms with Crippen molar-refractivity contribution < 1.29 is 33.8 Å². The number of aromatic nitrogens is 3. The van der Waals surface area contributed by atoms with Crippen LogP contribution in [0.1, 0.15) is 51.7 Å². The smallest absolute Gasteiger partial charge is 0.313 e. The molecule has 4 aliphatic heterocycles. The summed E-state index contributed by atoms with van der Waals surface area (Å²) in [5.41, 5.74) is 0.568. The van der Waals surface area contributed by atoms with Crippen molar-refractivity contribution in [3.63, 3.8) is 0 Å². The molecule has 1 aromatic heterocycles. The maximum absolute atomic E-state index is 15.0. The Hall–Kier alpha value is -4.88. The summed E-state index contributed by atoms with van der Waals surface area (Å²) in [6.07, 6.45) is 6.50. The number of nitrogens with zero attached hydrogens (tertiary/aromatic N) is 5. The molecule has 2 fully saturated rings. The molecule has 0 unspecified atom stereocenters. The Morgan fingerprint density at radius 2 is 1.80 bits per heavy atom. The molecule has 51 heavy (non-hydrogen) atoms. The van der Waals surface area contributed by atoms with Gasteiger partial charge in [0.05, 0.1) is 36.2 Å². The van der Waals surface area contributed by atoms with Crippen molar-refractivity contribution in [1.82, 2.24) is 30.1 Å². The van der Waals surface area contributed by atoms with Crippen LogP contribution in [-0.2, 0) is 35.3 Å². The lowest BCUT2D eigenvalue weighted by Crippen LogP contribution is -2.59. The first-order valence-corrected chi connectivity index (χ1v) is 17.8. The van der Waals surface area contributed by atoms with Crippen LogP contribution in [0.15, 0.2) is 78.9 Å². The van der Waals surface area contributed by atoms with Gasteiger partial charge < -0.3 is 29.7 Å². The highest BCUT2D eigenvalue weighted by molar-refractivity contribution is 5.99. The lowest BCUT2D eigenvalue weighted by atomic mass is 9.77. The second-order valence-corrected chi connectivity index (χ2v) is 14.0. The largest absolute Gasteiger partial charge is 0.455 e. The molecule has 0 radical (unpaired) electrons. The van der Waals surface area contributed by atoms with Gasteiger partial charge in [-0.1, -0.05) is 92.3 Å². The molecule has 5 heterocycles. The van der Waals surface area contributed by atoms with Gasteiger partial charge in [0.15, 0.2) is 0 Å². The number of carbonyl (C=O) groups is 4. The molecule has 13 nitrogen and oxygen atoms in total. The average Bonchev–Trinajstić information content (AvgIpc) is 3.73. The number of aliphatic hydroxyl groups is 1. The lowest BCUT2D eigenvalue weighted by molar-refractivity contribution is -0.162. The molecule has 2 saturated heterocycles. The second kappa shape index (κ2) is 14.0. The number of nitrogens with one attached hydrogen (secondary N) is 1. The van der Waals surface area contributed by atoms with Crippen LogP contribution in [0.2, 0.25) is 0 Å². The minimum atomic E-state index is -1.55. The van der Waals surface area contributed by atoms with Gasteiger partial charge in [-0.05, 0) is 37.0 Å². The maximum Gasteiger partial charge on any atom is 0.313 e. The first-order chi connectivity index (χ1) is 24.7. The van der Waals surface area contributed by atoms with Crippen LogP contribution in [-0.4, -0.2) is 96.6 Å². The lowest BCUT2D eigenvalue weighted by Gasteiger charge is -2.40. The van der Waals surface area contributed by atoms with Crippen LogP contribution >= 0.6 is 0 Å². The SMILES string of the molecule is CC[C@H](C)[C@H](CO)N1C(=O)[C@H]2[C@@H]3C(=O)O[C@@H](c4ccccc4)[C@H](C)NC(=O)CC/C=C\[C@@H]3O[C@]23C=CCN(Cn2nnc4ccccc42)C(=O)[C@H]13. The molecule has 9 atom stereocenters. The van der Waals surface area contributed by atoms with Crippen molar-refractivity contribution in [2.75, 3.05) is 13.2 Å². The van der Waals surface area contributed by atoms with Crippen molar-refractivity contribution in [2.24, 2.45) is 17.8 Å². The van der Waals surface area contributed by atoms with Crippen molar-refractivity contribution in [3.05, 3.63) is 84.5 Å². The fourth-order valence-electron chi connectivity index (χ4n) is 8.17. The van der Waals surface area contributed by atoms with Gasteiger partial charge in [0, 0.05) is 13.0 Å². The minimum absolute atomic E-state index is 0.0581. The minimum Gasteiger partial charge on any atom is -0.455 e. The predicted octanol–water partition coefficient (Wildman–Crippen LogP) is 2.91. The number of ether oxygens (including phenoxy) is 2. The Morgan fingerprint density at radius 1 is 1.04 bits per heavy atom. The Bertz CT molecular complexity index is 1860. The summed E-state index contributed by atoms with van der Waals surface area (Å²) in [5, 5.41) is 22.3. The number of amides is 3. The number of para-hydroxylation sites is 1. The fourth-order valence-corrected chi connectivity index (χ4v) is 8.17. The molecule has 3 amide bonds. The number of hydrogen-bond acceptors (Lipinski definition) is 9. The van der Waals surface area contributed by atoms with Gasteiger partial charge >= 0.3 is 5.97 Å². The van der Waals surface area contributed by atoms with E-state index in [1.807, 2.05) is 68.4 Å². The summed E-state index contributed by atoms with van der Waals surface area (Å²) in [6.45, 7) is 5.55. The molecular formula is C38H44N6O7. The Morgan fingerprint density at radius 3 is 2.57 bits per heavy atom. The highest BCUT2D eigenvalue weighted by atomic mass is 16.6. The summed E-state index contributed by atoms with van der Waals surface area (Å²) in [4.78, 5) is 60.4. The maximum atomic E-state index is 15.0. The van der Waals surface area contributed by atoms with E-state index >= 15 is 0 Å². The van der Waals surface area contributed by atoms with Crippen LogP contribution in [0.4, 0.5) is 0 Å². The van der Waals surface area contributed by atoms with Crippen LogP contribution < -0.4 is 5.32 Å². The van der Waals surface area contributed by atoms with Crippen LogP contribution in [0.5, 0.6) is 0 Å². The summed E-state index contributed by atoms with van der Waals surface area (Å²) < 4.78 is 14.8. The number of fused-ring (bicyclic) bond motifs is 3. The molecule has 4 aliphatic rings. The number of benzene rings is 2. The van der Waals surface area contributed by atoms with E-state index in [4.69, 9.17) is 9.47 Å². The van der Waals surface area contributed by atoms with E-state index in [1.54, 1.807) is 40.8 Å². The van der Waals surface area contributed by atoms with Gasteiger partial charge in [-0.25, -0.2) is 4.68 Å². The van der Waals surface area contributed by atoms with Crippen LogP contribution in [0.3, 0.4) is 0 Å². The first kappa shape index (κ1) is 34.6. The third-order valence-corrected chi connectivity index (χ3v) is 10.9. The summed E-state index contributed by atoms with van der Waals surface area (Å²) in [6, 6.07) is 14.1. The van der Waals surface area contributed by atoms with Crippen molar-refractivity contribution in [2.45, 2.75) is 82.6 Å². The van der Waals surface area contributed by atoms with Crippen LogP contribution in [0, 0.1) is 17.8 Å². The number of carbonyl (C=O) groups excluding carboxylic acids is 4. The molecule has 2 N–H and O–H groups in total. The third kappa shape index (κ3) is 6.01. The Kier molecular flexibility index (Phi) is 9.51. The van der Waals surface area contributed by atoms with E-state index in [2.05, 4.69) is 15.6 Å². The van der Waals surface area contributed by atoms with E-state index < -0.39 is 65.6 Å². The van der Waals surface area contributed by atoms with Gasteiger partial charge in [-0.3, -0.25) is 19.2 Å². The zero-order valence-corrected chi connectivity index (χ0v) is 29.0. The topological polar surface area (TPSA) is 156 Å². The van der Waals surface area contributed by atoms with E-state index in [-0.39, 0.29) is 38.1 Å². The molecule has 1 spiro atoms. The fraction of sp³-hybridized carbons (Fsp3) is 0.474. The normalized spacial score (nSPS) is 31.5. The van der Waals surface area contributed by atoms with Gasteiger partial charge in [-0.2, -0.15) is 0 Å². The highest BCUT2D eigenvalue weighted by Gasteiger charge is 2.72. The summed E-state index contributed by atoms with van der Waals surface area (Å²) in [5.74, 6) is -4.11. The summed E-state index contributed by atoms with van der Waals surface area (Å²) >= 11 is 0. The Labute approximate surface area is 296 Å². The number of allylic oxidation sites excluding steroid dienone is 1. The summed E-state index contributed by atoms with van der Waals surface area (Å²) in [7, 11) is 0. The van der Waals surface area contributed by atoms with E-state index in [0.717, 1.165) is 5.52 Å². The van der Waals surface area contributed by atoms with E-state index in [0.29, 0.717) is 23.9 Å². The molecule has 0 saturated carbocycles. The van der Waals surface area contributed by atoms with Crippen molar-refractivity contribution in [3.8, 4) is 0 Å². The standard InChI is InChI=1S/C38H44N6O7/c1-4-23(2)28(21-45)44-34-36(48)42(22-43-27-16-9-8-15-26(27)40-41-43)20-12-19-38(34)32(35(44)47)31-29(51-38)17-10-11-18-30(46)39-24(3)33(50-37(31)49)25-13-6-5-7-14-25/h5-10,12-17,19,23-24,28-29,31-34,45H,4,11,18,20-22H2,1-3H3,(H,39,46)/b17-10-/t23-,24-,28-,29-,31+,32+,33+,34-,38+/m0/s1. The van der Waals surface area contributed by atoms with Gasteiger partial charge in [0.1, 0.15) is 35.9 Å². The number of hydrogen-bond donors (Lipinski definition) is 2. The number of rotatable bonds is 7. The molecule has 13 heteroatoms. The Balaban J connectivity index is 1.32. The number of cyclic esters (lactones) is 1. The van der Waals surface area contributed by atoms with Gasteiger partial charge in [-0.15, -0.1) is 5.10 Å². The average molecular weight is 697 g/mol. The zero-order chi connectivity index (χ0) is 35.9. The number of aliphatic hydroxyl groups excluding tert-OH is 1. The first-order valence-electron chi connectivity index (χ1n) is 17.8. The molecule has 2 aromatic carbocycles.